The third-order valence-corrected chi connectivity index (χ3v) is 7.26. The summed E-state index contributed by atoms with van der Waals surface area (Å²) in [5.41, 5.74) is 3.69. The Kier molecular flexibility index (Phi) is 7.38. The monoisotopic (exact) mass is 403 g/mol. The van der Waals surface area contributed by atoms with Crippen molar-refractivity contribution in [3.63, 3.8) is 0 Å². The van der Waals surface area contributed by atoms with E-state index in [9.17, 15) is 4.79 Å². The Morgan fingerprint density at radius 3 is 2.23 bits per heavy atom. The molecular weight excluding hydrogens is 366 g/mol. The highest BCUT2D eigenvalue weighted by atomic mass is 16.1. The van der Waals surface area contributed by atoms with Crippen LogP contribution in [0.1, 0.15) is 86.2 Å². The topological polar surface area (TPSA) is 20.3 Å². The van der Waals surface area contributed by atoms with Crippen LogP contribution in [0.25, 0.3) is 0 Å². The Balaban J connectivity index is 1.36. The van der Waals surface area contributed by atoms with Crippen LogP contribution in [-0.4, -0.2) is 22.8 Å². The van der Waals surface area contributed by atoms with E-state index in [1.54, 1.807) is 0 Å². The number of carbonyl (C=O) groups excluding carboxylic acids is 1. The molecule has 2 fully saturated rings. The van der Waals surface area contributed by atoms with E-state index in [4.69, 9.17) is 0 Å². The number of unbranched alkanes of at least 4 members (excludes halogenated alkanes) is 3. The molecule has 4 rings (SSSR count). The van der Waals surface area contributed by atoms with Gasteiger partial charge in [0.1, 0.15) is 0 Å². The Morgan fingerprint density at radius 2 is 1.57 bits per heavy atom. The van der Waals surface area contributed by atoms with E-state index in [0.717, 1.165) is 31.4 Å². The lowest BCUT2D eigenvalue weighted by molar-refractivity contribution is 0.00906. The third-order valence-electron chi connectivity index (χ3n) is 7.26. The molecule has 2 nitrogen and oxygen atoms in total. The average molecular weight is 404 g/mol. The number of ketones is 1. The van der Waals surface area contributed by atoms with Crippen LogP contribution < -0.4 is 0 Å². The van der Waals surface area contributed by atoms with E-state index in [-0.39, 0.29) is 5.92 Å². The van der Waals surface area contributed by atoms with Gasteiger partial charge in [-0.15, -0.1) is 0 Å². The van der Waals surface area contributed by atoms with Crippen molar-refractivity contribution in [1.29, 1.82) is 0 Å². The minimum absolute atomic E-state index is 0.197. The zero-order valence-corrected chi connectivity index (χ0v) is 18.6. The summed E-state index contributed by atoms with van der Waals surface area (Å²) in [6.07, 6.45) is 12.1. The molecule has 2 heteroatoms. The number of fused-ring (bicyclic) bond motifs is 2. The lowest BCUT2D eigenvalue weighted by Gasteiger charge is -2.48. The zero-order chi connectivity index (χ0) is 20.8. The molecule has 2 aliphatic heterocycles. The number of rotatable bonds is 9. The molecule has 30 heavy (non-hydrogen) atoms. The van der Waals surface area contributed by atoms with Crippen molar-refractivity contribution in [2.24, 2.45) is 5.92 Å². The Labute approximate surface area is 182 Å². The van der Waals surface area contributed by atoms with Gasteiger partial charge in [-0.2, -0.15) is 0 Å². The minimum Gasteiger partial charge on any atom is -0.294 e. The van der Waals surface area contributed by atoms with Crippen LogP contribution in [0.15, 0.2) is 54.6 Å². The van der Waals surface area contributed by atoms with Crippen molar-refractivity contribution < 1.29 is 4.79 Å². The second kappa shape index (κ2) is 10.4. The molecule has 0 amide bonds. The van der Waals surface area contributed by atoms with E-state index in [2.05, 4.69) is 66.4 Å². The van der Waals surface area contributed by atoms with Crippen LogP contribution >= 0.6 is 0 Å². The van der Waals surface area contributed by atoms with E-state index >= 15 is 0 Å². The third kappa shape index (κ3) is 5.21. The summed E-state index contributed by atoms with van der Waals surface area (Å²) >= 11 is 0. The number of Topliss-reactive ketones (excluding diaryl/α,β-unsaturated/α-hetero) is 1. The molecule has 0 aliphatic carbocycles. The molecule has 2 unspecified atom stereocenters. The van der Waals surface area contributed by atoms with Crippen molar-refractivity contribution >= 4 is 5.78 Å². The molecule has 2 bridgehead atoms. The number of carbonyl (C=O) groups is 1. The Bertz CT molecular complexity index is 783. The second-order valence-corrected chi connectivity index (χ2v) is 9.44. The van der Waals surface area contributed by atoms with Gasteiger partial charge < -0.3 is 0 Å². The highest BCUT2D eigenvalue weighted by Crippen LogP contribution is 2.39. The van der Waals surface area contributed by atoms with Crippen molar-refractivity contribution in [3.05, 3.63) is 71.3 Å². The molecule has 0 aromatic heterocycles. The molecule has 0 spiro atoms. The van der Waals surface area contributed by atoms with Crippen molar-refractivity contribution in [1.82, 2.24) is 4.90 Å². The number of hydrogen-bond acceptors (Lipinski definition) is 2. The summed E-state index contributed by atoms with van der Waals surface area (Å²) in [4.78, 5) is 16.0. The van der Waals surface area contributed by atoms with Gasteiger partial charge in [0.05, 0.1) is 0 Å². The summed E-state index contributed by atoms with van der Waals surface area (Å²) in [6.45, 7) is 3.28. The zero-order valence-electron chi connectivity index (χ0n) is 18.6. The van der Waals surface area contributed by atoms with Crippen molar-refractivity contribution in [3.8, 4) is 0 Å². The first-order valence-corrected chi connectivity index (χ1v) is 12.2. The molecule has 0 saturated carbocycles. The van der Waals surface area contributed by atoms with Gasteiger partial charge in [0.25, 0.3) is 0 Å². The molecule has 2 aliphatic rings. The van der Waals surface area contributed by atoms with E-state index in [0.29, 0.717) is 17.9 Å². The fourth-order valence-corrected chi connectivity index (χ4v) is 5.57. The van der Waals surface area contributed by atoms with Crippen LogP contribution in [0.3, 0.4) is 0 Å². The summed E-state index contributed by atoms with van der Waals surface area (Å²) in [5, 5.41) is 0. The molecule has 2 saturated heterocycles. The van der Waals surface area contributed by atoms with Gasteiger partial charge in [0.2, 0.25) is 0 Å². The molecule has 0 radical (unpaired) electrons. The average Bonchev–Trinajstić information content (AvgIpc) is 2.77. The van der Waals surface area contributed by atoms with E-state index in [1.165, 1.54) is 56.1 Å². The molecule has 2 aromatic carbocycles. The normalized spacial score (nSPS) is 24.0. The number of nitrogens with zero attached hydrogens (tertiary/aromatic N) is 1. The summed E-state index contributed by atoms with van der Waals surface area (Å²) in [7, 11) is 0. The first-order valence-electron chi connectivity index (χ1n) is 12.2. The summed E-state index contributed by atoms with van der Waals surface area (Å²) < 4.78 is 0. The number of benzene rings is 2. The first-order chi connectivity index (χ1) is 14.7. The van der Waals surface area contributed by atoms with Crippen molar-refractivity contribution in [2.75, 3.05) is 0 Å². The lowest BCUT2D eigenvalue weighted by Crippen LogP contribution is -2.52. The maximum Gasteiger partial charge on any atom is 0.166 e. The predicted molar refractivity (Wildman–Crippen MR) is 125 cm³/mol. The number of hydrogen-bond donors (Lipinski definition) is 0. The highest BCUT2D eigenvalue weighted by molar-refractivity contribution is 5.98. The van der Waals surface area contributed by atoms with Crippen LogP contribution in [0.2, 0.25) is 0 Å². The van der Waals surface area contributed by atoms with Gasteiger partial charge in [0.15, 0.2) is 5.78 Å². The van der Waals surface area contributed by atoms with Gasteiger partial charge in [-0.05, 0) is 49.7 Å². The SMILES string of the molecule is CCCCCCc1ccc(C(=O)C2CC3CCCC(C2)N3Cc2ccccc2)cc1. The molecule has 2 atom stereocenters. The minimum atomic E-state index is 0.197. The van der Waals surface area contributed by atoms with Gasteiger partial charge in [-0.1, -0.05) is 87.2 Å². The largest absolute Gasteiger partial charge is 0.294 e. The maximum absolute atomic E-state index is 13.3. The first kappa shape index (κ1) is 21.3. The predicted octanol–water partition coefficient (Wildman–Crippen LogP) is 6.83. The number of aryl methyl sites for hydroxylation is 1. The highest BCUT2D eigenvalue weighted by Gasteiger charge is 2.40. The fourth-order valence-electron chi connectivity index (χ4n) is 5.57. The Hall–Kier alpha value is -1.93. The van der Waals surface area contributed by atoms with Crippen LogP contribution in [-0.2, 0) is 13.0 Å². The molecule has 0 N–H and O–H groups in total. The summed E-state index contributed by atoms with van der Waals surface area (Å²) in [6, 6.07) is 20.5. The standard InChI is InChI=1S/C28H37NO/c1-2-3-4-6-10-22-15-17-24(18-16-22)28(30)25-19-26-13-9-14-27(20-25)29(26)21-23-11-7-5-8-12-23/h5,7-8,11-12,15-18,25-27H,2-4,6,9-10,13-14,19-21H2,1H3. The van der Waals surface area contributed by atoms with Gasteiger partial charge in [-0.3, -0.25) is 9.69 Å². The fraction of sp³-hybridized carbons (Fsp3) is 0.536. The van der Waals surface area contributed by atoms with Crippen LogP contribution in [0.4, 0.5) is 0 Å². The second-order valence-electron chi connectivity index (χ2n) is 9.44. The summed E-state index contributed by atoms with van der Waals surface area (Å²) in [5.74, 6) is 0.575. The van der Waals surface area contributed by atoms with Crippen LogP contribution in [0, 0.1) is 5.92 Å². The lowest BCUT2D eigenvalue weighted by atomic mass is 9.75. The van der Waals surface area contributed by atoms with Gasteiger partial charge >= 0.3 is 0 Å². The van der Waals surface area contributed by atoms with E-state index in [1.807, 2.05) is 0 Å². The molecule has 2 heterocycles. The van der Waals surface area contributed by atoms with Gasteiger partial charge in [0, 0.05) is 30.1 Å². The van der Waals surface area contributed by atoms with Gasteiger partial charge in [-0.25, -0.2) is 0 Å². The molecular formula is C28H37NO. The maximum atomic E-state index is 13.3. The van der Waals surface area contributed by atoms with E-state index < -0.39 is 0 Å². The molecule has 2 aromatic rings. The quantitative estimate of drug-likeness (QED) is 0.338. The smallest absolute Gasteiger partial charge is 0.166 e. The molecule has 160 valence electrons. The van der Waals surface area contributed by atoms with Crippen molar-refractivity contribution in [2.45, 2.75) is 89.8 Å². The Morgan fingerprint density at radius 1 is 0.867 bits per heavy atom. The van der Waals surface area contributed by atoms with Crippen LogP contribution in [0.5, 0.6) is 0 Å². The number of piperidine rings is 2.